The van der Waals surface area contributed by atoms with Crippen molar-refractivity contribution in [2.75, 3.05) is 18.0 Å². The van der Waals surface area contributed by atoms with E-state index in [0.717, 1.165) is 48.6 Å². The van der Waals surface area contributed by atoms with E-state index in [1.54, 1.807) is 23.7 Å². The van der Waals surface area contributed by atoms with E-state index >= 15 is 0 Å². The fourth-order valence-corrected chi connectivity index (χ4v) is 5.10. The zero-order chi connectivity index (χ0) is 22.5. The van der Waals surface area contributed by atoms with E-state index in [1.807, 2.05) is 42.5 Å². The highest BCUT2D eigenvalue weighted by Crippen LogP contribution is 2.23. The van der Waals surface area contributed by atoms with Crippen molar-refractivity contribution < 1.29 is 4.79 Å². The zero-order valence-corrected chi connectivity index (χ0v) is 19.2. The minimum Gasteiger partial charge on any atom is -0.371 e. The normalized spacial score (nSPS) is 14.5. The lowest BCUT2D eigenvalue weighted by Crippen LogP contribution is -2.42. The maximum absolute atomic E-state index is 12.4. The summed E-state index contributed by atoms with van der Waals surface area (Å²) in [5.41, 5.74) is 3.92. The van der Waals surface area contributed by atoms with Crippen LogP contribution in [0.3, 0.4) is 0 Å². The Bertz CT molecular complexity index is 1170. The van der Waals surface area contributed by atoms with Crippen LogP contribution in [0.25, 0.3) is 10.2 Å². The molecule has 0 aliphatic carbocycles. The summed E-state index contributed by atoms with van der Waals surface area (Å²) >= 11 is 1.77. The molecule has 1 aliphatic heterocycles. The fourth-order valence-electron chi connectivity index (χ4n) is 4.18. The Morgan fingerprint density at radius 1 is 1.00 bits per heavy atom. The quantitative estimate of drug-likeness (QED) is 0.431. The standard InChI is InChI=1S/C26H27N5OS/c32-26(29-17-19-4-3-13-27-16-19)20-7-9-22(10-8-20)31-14-11-21(12-15-31)28-18-25-30-23-5-1-2-6-24(23)33-25/h1-10,13,16,21,28H,11-12,14-15,17-18H2,(H,29,32). The molecule has 3 heterocycles. The first kappa shape index (κ1) is 21.6. The van der Waals surface area contributed by atoms with E-state index in [4.69, 9.17) is 4.98 Å². The van der Waals surface area contributed by atoms with Crippen molar-refractivity contribution >= 4 is 33.1 Å². The van der Waals surface area contributed by atoms with Gasteiger partial charge in [-0.15, -0.1) is 11.3 Å². The van der Waals surface area contributed by atoms with Crippen molar-refractivity contribution in [1.29, 1.82) is 0 Å². The Balaban J connectivity index is 1.09. The van der Waals surface area contributed by atoms with E-state index in [0.29, 0.717) is 18.2 Å². The second-order valence-electron chi connectivity index (χ2n) is 8.31. The molecule has 0 unspecified atom stereocenters. The zero-order valence-electron chi connectivity index (χ0n) is 18.4. The van der Waals surface area contributed by atoms with E-state index < -0.39 is 0 Å². The Morgan fingerprint density at radius 3 is 2.58 bits per heavy atom. The second-order valence-corrected chi connectivity index (χ2v) is 9.42. The van der Waals surface area contributed by atoms with Crippen LogP contribution >= 0.6 is 11.3 Å². The number of thiazole rings is 1. The molecule has 7 heteroatoms. The van der Waals surface area contributed by atoms with Gasteiger partial charge in [0.25, 0.3) is 5.91 Å². The minimum absolute atomic E-state index is 0.0665. The topological polar surface area (TPSA) is 70.2 Å². The minimum atomic E-state index is -0.0665. The van der Waals surface area contributed by atoms with Crippen molar-refractivity contribution in [2.24, 2.45) is 0 Å². The average Bonchev–Trinajstić information content (AvgIpc) is 3.30. The van der Waals surface area contributed by atoms with Crippen molar-refractivity contribution in [3.8, 4) is 0 Å². The monoisotopic (exact) mass is 457 g/mol. The molecule has 33 heavy (non-hydrogen) atoms. The van der Waals surface area contributed by atoms with Crippen molar-refractivity contribution in [3.63, 3.8) is 0 Å². The summed E-state index contributed by atoms with van der Waals surface area (Å²) in [5, 5.41) is 7.79. The highest BCUT2D eigenvalue weighted by atomic mass is 32.1. The third-order valence-corrected chi connectivity index (χ3v) is 7.08. The van der Waals surface area contributed by atoms with Crippen LogP contribution in [0, 0.1) is 0 Å². The van der Waals surface area contributed by atoms with Crippen LogP contribution in [0.4, 0.5) is 5.69 Å². The van der Waals surface area contributed by atoms with Gasteiger partial charge in [-0.25, -0.2) is 4.98 Å². The van der Waals surface area contributed by atoms with Gasteiger partial charge in [0.15, 0.2) is 0 Å². The first-order valence-electron chi connectivity index (χ1n) is 11.3. The van der Waals surface area contributed by atoms with Crippen molar-refractivity contribution in [1.82, 2.24) is 20.6 Å². The number of carbonyl (C=O) groups is 1. The molecule has 1 fully saturated rings. The number of amides is 1. The summed E-state index contributed by atoms with van der Waals surface area (Å²) in [7, 11) is 0. The molecule has 2 aromatic carbocycles. The van der Waals surface area contributed by atoms with Crippen LogP contribution in [-0.4, -0.2) is 35.0 Å². The third-order valence-electron chi connectivity index (χ3n) is 6.05. The van der Waals surface area contributed by atoms with Gasteiger partial charge >= 0.3 is 0 Å². The Hall–Kier alpha value is -3.29. The molecule has 0 radical (unpaired) electrons. The highest BCUT2D eigenvalue weighted by molar-refractivity contribution is 7.18. The predicted molar refractivity (Wildman–Crippen MR) is 134 cm³/mol. The predicted octanol–water partition coefficient (Wildman–Crippen LogP) is 4.38. The molecular weight excluding hydrogens is 430 g/mol. The summed E-state index contributed by atoms with van der Waals surface area (Å²) in [6, 6.07) is 20.5. The highest BCUT2D eigenvalue weighted by Gasteiger charge is 2.20. The number of nitrogens with zero attached hydrogens (tertiary/aromatic N) is 3. The van der Waals surface area contributed by atoms with Crippen molar-refractivity contribution in [3.05, 3.63) is 89.2 Å². The first-order chi connectivity index (χ1) is 16.2. The molecule has 168 valence electrons. The molecule has 6 nitrogen and oxygen atoms in total. The Labute approximate surface area is 197 Å². The summed E-state index contributed by atoms with van der Waals surface area (Å²) in [6.45, 7) is 3.31. The Kier molecular flexibility index (Phi) is 6.60. The van der Waals surface area contributed by atoms with Gasteiger partial charge in [-0.3, -0.25) is 9.78 Å². The molecule has 4 aromatic rings. The number of anilines is 1. The molecule has 0 bridgehead atoms. The smallest absolute Gasteiger partial charge is 0.251 e. The van der Waals surface area contributed by atoms with Crippen LogP contribution in [0.5, 0.6) is 0 Å². The van der Waals surface area contributed by atoms with Gasteiger partial charge < -0.3 is 15.5 Å². The molecule has 1 aliphatic rings. The SMILES string of the molecule is O=C(NCc1cccnc1)c1ccc(N2CCC(NCc3nc4ccccc4s3)CC2)cc1. The number of rotatable bonds is 7. The van der Waals surface area contributed by atoms with E-state index in [9.17, 15) is 4.79 Å². The largest absolute Gasteiger partial charge is 0.371 e. The molecule has 0 saturated carbocycles. The summed E-state index contributed by atoms with van der Waals surface area (Å²) in [5.74, 6) is -0.0665. The van der Waals surface area contributed by atoms with Crippen molar-refractivity contribution in [2.45, 2.75) is 32.0 Å². The van der Waals surface area contributed by atoms with Gasteiger partial charge in [0.1, 0.15) is 5.01 Å². The Morgan fingerprint density at radius 2 is 1.82 bits per heavy atom. The second kappa shape index (κ2) is 10.1. The van der Waals surface area contributed by atoms with Crippen LogP contribution in [-0.2, 0) is 13.1 Å². The molecule has 2 aromatic heterocycles. The van der Waals surface area contributed by atoms with Gasteiger partial charge in [0.05, 0.1) is 10.2 Å². The molecule has 0 atom stereocenters. The lowest BCUT2D eigenvalue weighted by atomic mass is 10.0. The number of para-hydroxylation sites is 1. The maximum Gasteiger partial charge on any atom is 0.251 e. The average molecular weight is 458 g/mol. The van der Waals surface area contributed by atoms with Crippen LogP contribution in [0.1, 0.15) is 33.8 Å². The lowest BCUT2D eigenvalue weighted by molar-refractivity contribution is 0.0951. The van der Waals surface area contributed by atoms with Crippen LogP contribution < -0.4 is 15.5 Å². The number of fused-ring (bicyclic) bond motifs is 1. The third kappa shape index (κ3) is 5.38. The van der Waals surface area contributed by atoms with E-state index in [-0.39, 0.29) is 5.91 Å². The van der Waals surface area contributed by atoms with Gasteiger partial charge in [-0.1, -0.05) is 18.2 Å². The molecule has 1 amide bonds. The van der Waals surface area contributed by atoms with Gasteiger partial charge in [-0.05, 0) is 60.9 Å². The molecule has 5 rings (SSSR count). The first-order valence-corrected chi connectivity index (χ1v) is 12.2. The number of nitrogens with one attached hydrogen (secondary N) is 2. The lowest BCUT2D eigenvalue weighted by Gasteiger charge is -2.34. The van der Waals surface area contributed by atoms with Gasteiger partial charge in [-0.2, -0.15) is 0 Å². The summed E-state index contributed by atoms with van der Waals surface area (Å²) in [4.78, 5) is 23.6. The maximum atomic E-state index is 12.4. The summed E-state index contributed by atoms with van der Waals surface area (Å²) < 4.78 is 1.25. The number of piperidine rings is 1. The number of carbonyl (C=O) groups excluding carboxylic acids is 1. The number of hydrogen-bond donors (Lipinski definition) is 2. The number of aromatic nitrogens is 2. The van der Waals surface area contributed by atoms with Gasteiger partial charge in [0.2, 0.25) is 0 Å². The molecule has 0 spiro atoms. The number of hydrogen-bond acceptors (Lipinski definition) is 6. The molecular formula is C26H27N5OS. The van der Waals surface area contributed by atoms with Crippen LogP contribution in [0.2, 0.25) is 0 Å². The van der Waals surface area contributed by atoms with Gasteiger partial charge in [0, 0.05) is 55.9 Å². The molecule has 1 saturated heterocycles. The number of benzene rings is 2. The fraction of sp³-hybridized carbons (Fsp3) is 0.269. The van der Waals surface area contributed by atoms with Crippen LogP contribution in [0.15, 0.2) is 73.1 Å². The molecule has 2 N–H and O–H groups in total. The number of pyridine rings is 1. The summed E-state index contributed by atoms with van der Waals surface area (Å²) in [6.07, 6.45) is 5.68. The van der Waals surface area contributed by atoms with E-state index in [2.05, 4.69) is 38.7 Å². The van der Waals surface area contributed by atoms with E-state index in [1.165, 1.54) is 10.4 Å².